The highest BCUT2D eigenvalue weighted by Crippen LogP contribution is 2.11. The van der Waals surface area contributed by atoms with Crippen LogP contribution >= 0.6 is 0 Å². The quantitative estimate of drug-likeness (QED) is 0.340. The number of hydrogen-bond donors (Lipinski definition) is 1. The van der Waals surface area contributed by atoms with Gasteiger partial charge in [0.2, 0.25) is 11.8 Å². The van der Waals surface area contributed by atoms with Crippen molar-refractivity contribution in [1.82, 2.24) is 9.80 Å². The number of likely N-dealkylation sites (N-methyl/N-ethyl adjacent to an activating group) is 1. The van der Waals surface area contributed by atoms with Crippen molar-refractivity contribution < 1.29 is 54.3 Å². The average molecular weight is 755 g/mol. The Balaban J connectivity index is -0.000000514. The normalized spacial score (nSPS) is 16.1. The van der Waals surface area contributed by atoms with Gasteiger partial charge in [-0.25, -0.2) is 25.3 Å². The molecule has 1 atom stereocenters. The standard InChI is InChI=1S/C8H10O2S.C5H7NO2.C5H5NO2.C5H12O.C4H8O.C3H6O2S.C2H6O2S/c1-7-3-5-8(6-4-7)11(2,9)10;2*1-6-4(7)2-3-5(6)8;1-3-5(6)4-2;1-2-4-3-5-4;1-3-6(2,4)5;1-5(2,3)4/h3-6H,1-2H3;2-3H2,1H3;2-3H,1H3;5-6H,3-4H2,1-2H3;4H,2-3H2,1H3;3H,1H2,2H3;1-2H3. The summed E-state index contributed by atoms with van der Waals surface area (Å²) in [6.07, 6.45) is 11.5. The van der Waals surface area contributed by atoms with Gasteiger partial charge in [0.1, 0.15) is 9.84 Å². The molecule has 282 valence electrons. The number of carbonyl (C=O) groups excluding carboxylic acids is 4. The monoisotopic (exact) mass is 754 g/mol. The predicted octanol–water partition coefficient (Wildman–Crippen LogP) is 2.50. The van der Waals surface area contributed by atoms with Crippen molar-refractivity contribution in [1.29, 1.82) is 0 Å². The van der Waals surface area contributed by atoms with Crippen LogP contribution in [0.5, 0.6) is 0 Å². The molecular weight excluding hydrogens is 701 g/mol. The van der Waals surface area contributed by atoms with Crippen molar-refractivity contribution in [3.8, 4) is 0 Å². The maximum atomic E-state index is 10.9. The molecule has 4 amide bonds. The van der Waals surface area contributed by atoms with Crippen molar-refractivity contribution in [3.05, 3.63) is 54.0 Å². The third-order valence-corrected chi connectivity index (χ3v) is 7.62. The summed E-state index contributed by atoms with van der Waals surface area (Å²) in [6, 6.07) is 6.81. The van der Waals surface area contributed by atoms with E-state index in [1.807, 2.05) is 20.8 Å². The summed E-state index contributed by atoms with van der Waals surface area (Å²) in [5, 5.41) is 9.58. The van der Waals surface area contributed by atoms with E-state index in [1.165, 1.54) is 43.8 Å². The van der Waals surface area contributed by atoms with E-state index in [1.54, 1.807) is 24.3 Å². The van der Waals surface area contributed by atoms with Crippen LogP contribution in [0, 0.1) is 6.92 Å². The van der Waals surface area contributed by atoms with Crippen LogP contribution in [-0.4, -0.2) is 122 Å². The Morgan fingerprint density at radius 1 is 0.816 bits per heavy atom. The van der Waals surface area contributed by atoms with Crippen LogP contribution < -0.4 is 0 Å². The molecule has 1 unspecified atom stereocenters. The van der Waals surface area contributed by atoms with Gasteiger partial charge in [0, 0.05) is 69.5 Å². The molecule has 17 heteroatoms. The lowest BCUT2D eigenvalue weighted by Crippen LogP contribution is -2.24. The molecule has 3 aliphatic rings. The van der Waals surface area contributed by atoms with E-state index in [4.69, 9.17) is 9.84 Å². The van der Waals surface area contributed by atoms with Crippen molar-refractivity contribution >= 4 is 53.1 Å². The second-order valence-corrected chi connectivity index (χ2v) is 17.3. The first-order valence-electron chi connectivity index (χ1n) is 15.1. The summed E-state index contributed by atoms with van der Waals surface area (Å²) in [5.74, 6) is -0.602. The molecule has 3 heterocycles. The van der Waals surface area contributed by atoms with Crippen LogP contribution in [0.25, 0.3) is 0 Å². The first-order valence-corrected chi connectivity index (χ1v) is 21.2. The lowest BCUT2D eigenvalue weighted by Gasteiger charge is -2.01. The predicted molar refractivity (Wildman–Crippen MR) is 191 cm³/mol. The number of benzene rings is 1. The number of aryl methyl sites for hydroxylation is 1. The Bertz CT molecular complexity index is 1490. The van der Waals surface area contributed by atoms with E-state index in [-0.39, 0.29) is 29.7 Å². The molecule has 1 aromatic carbocycles. The third kappa shape index (κ3) is 31.8. The van der Waals surface area contributed by atoms with Gasteiger partial charge in [-0.2, -0.15) is 0 Å². The number of hydrogen-bond acceptors (Lipinski definition) is 12. The summed E-state index contributed by atoms with van der Waals surface area (Å²) < 4.78 is 65.8. The zero-order chi connectivity index (χ0) is 39.2. The molecule has 49 heavy (non-hydrogen) atoms. The molecule has 2 fully saturated rings. The number of aliphatic hydroxyl groups is 1. The van der Waals surface area contributed by atoms with Crippen LogP contribution in [0.1, 0.15) is 58.4 Å². The minimum Gasteiger partial charge on any atom is -0.393 e. The second-order valence-electron chi connectivity index (χ2n) is 11.0. The van der Waals surface area contributed by atoms with Gasteiger partial charge >= 0.3 is 0 Å². The van der Waals surface area contributed by atoms with Crippen molar-refractivity contribution in [2.24, 2.45) is 0 Å². The van der Waals surface area contributed by atoms with Gasteiger partial charge in [-0.3, -0.25) is 29.0 Å². The number of aliphatic hydroxyl groups excluding tert-OH is 1. The summed E-state index contributed by atoms with van der Waals surface area (Å²) in [6.45, 7) is 12.1. The lowest BCUT2D eigenvalue weighted by atomic mass is 10.2. The van der Waals surface area contributed by atoms with Crippen molar-refractivity contribution in [2.75, 3.05) is 45.7 Å². The first-order chi connectivity index (χ1) is 22.2. The zero-order valence-corrected chi connectivity index (χ0v) is 32.7. The number of epoxide rings is 1. The summed E-state index contributed by atoms with van der Waals surface area (Å²) >= 11 is 0. The molecule has 1 N–H and O–H groups in total. The van der Waals surface area contributed by atoms with Crippen LogP contribution in [-0.2, 0) is 53.4 Å². The van der Waals surface area contributed by atoms with E-state index in [9.17, 15) is 44.4 Å². The van der Waals surface area contributed by atoms with Crippen molar-refractivity contribution in [2.45, 2.75) is 76.9 Å². The Morgan fingerprint density at radius 2 is 1.16 bits per heavy atom. The van der Waals surface area contributed by atoms with E-state index >= 15 is 0 Å². The smallest absolute Gasteiger partial charge is 0.253 e. The fourth-order valence-corrected chi connectivity index (χ4v) is 3.17. The minimum atomic E-state index is -3.02. The van der Waals surface area contributed by atoms with Gasteiger partial charge in [0.05, 0.1) is 23.7 Å². The SMILES string of the molecule is C=CS(C)(=O)=O.CCC(O)CC.CCC1CO1.CN1C(=O)C=CC1=O.CN1C(=O)CCC1=O.CS(C)(=O)=O.Cc1ccc(S(C)(=O)=O)cc1. The highest BCUT2D eigenvalue weighted by Gasteiger charge is 2.24. The first kappa shape index (κ1) is 50.1. The Kier molecular flexibility index (Phi) is 25.4. The Labute approximate surface area is 293 Å². The number of sulfone groups is 3. The molecule has 4 rings (SSSR count). The largest absolute Gasteiger partial charge is 0.393 e. The molecule has 14 nitrogen and oxygen atoms in total. The van der Waals surface area contributed by atoms with Gasteiger partial charge in [0.15, 0.2) is 19.7 Å². The van der Waals surface area contributed by atoms with E-state index in [0.29, 0.717) is 23.8 Å². The highest BCUT2D eigenvalue weighted by atomic mass is 32.2. The third-order valence-electron chi connectivity index (χ3n) is 5.88. The number of carbonyl (C=O) groups is 4. The molecule has 0 radical (unpaired) electrons. The lowest BCUT2D eigenvalue weighted by molar-refractivity contribution is -0.137. The fraction of sp³-hybridized carbons (Fsp3) is 0.562. The molecule has 0 aromatic heterocycles. The Morgan fingerprint density at radius 3 is 1.29 bits per heavy atom. The summed E-state index contributed by atoms with van der Waals surface area (Å²) in [4.78, 5) is 44.4. The zero-order valence-electron chi connectivity index (χ0n) is 30.2. The van der Waals surface area contributed by atoms with E-state index in [2.05, 4.69) is 13.5 Å². The average Bonchev–Trinajstić information content (AvgIpc) is 3.76. The maximum absolute atomic E-state index is 10.9. The number of likely N-dealkylation sites (tertiary alicyclic amines) is 1. The number of ether oxygens (including phenoxy) is 1. The van der Waals surface area contributed by atoms with Crippen LogP contribution in [0.3, 0.4) is 0 Å². The fourth-order valence-electron chi connectivity index (χ4n) is 2.54. The van der Waals surface area contributed by atoms with Gasteiger partial charge in [0.25, 0.3) is 11.8 Å². The van der Waals surface area contributed by atoms with Gasteiger partial charge in [-0.15, -0.1) is 0 Å². The number of imide groups is 2. The number of rotatable bonds is 5. The highest BCUT2D eigenvalue weighted by molar-refractivity contribution is 7.93. The molecule has 0 bridgehead atoms. The maximum Gasteiger partial charge on any atom is 0.253 e. The molecule has 0 aliphatic carbocycles. The van der Waals surface area contributed by atoms with Crippen LogP contribution in [0.15, 0.2) is 53.3 Å². The van der Waals surface area contributed by atoms with Gasteiger partial charge < -0.3 is 9.84 Å². The Hall–Kier alpha value is -3.25. The molecule has 0 saturated carbocycles. The summed E-state index contributed by atoms with van der Waals surface area (Å²) in [5.41, 5.74) is 1.07. The van der Waals surface area contributed by atoms with Gasteiger partial charge in [-0.05, 0) is 38.3 Å². The van der Waals surface area contributed by atoms with Crippen LogP contribution in [0.2, 0.25) is 0 Å². The molecule has 2 saturated heterocycles. The minimum absolute atomic E-state index is 0.0602. The number of amides is 4. The molecular formula is C32H54N2O12S3. The van der Waals surface area contributed by atoms with E-state index in [0.717, 1.165) is 54.1 Å². The van der Waals surface area contributed by atoms with Crippen LogP contribution in [0.4, 0.5) is 0 Å². The second kappa shape index (κ2) is 24.8. The summed E-state index contributed by atoms with van der Waals surface area (Å²) in [7, 11) is -5.62. The molecule has 3 aliphatic heterocycles. The van der Waals surface area contributed by atoms with Gasteiger partial charge in [-0.1, -0.05) is 45.0 Å². The topological polar surface area (TPSA) is 210 Å². The molecule has 1 aromatic rings. The van der Waals surface area contributed by atoms with Crippen molar-refractivity contribution in [3.63, 3.8) is 0 Å². The van der Waals surface area contributed by atoms with E-state index < -0.39 is 29.5 Å². The molecule has 0 spiro atoms. The number of nitrogens with zero attached hydrogens (tertiary/aromatic N) is 2.